The Morgan fingerprint density at radius 1 is 1.56 bits per heavy atom. The lowest BCUT2D eigenvalue weighted by molar-refractivity contribution is -0.120. The van der Waals surface area contributed by atoms with Gasteiger partial charge in [-0.15, -0.1) is 0 Å². The van der Waals surface area contributed by atoms with Crippen molar-refractivity contribution in [3.05, 3.63) is 28.2 Å². The lowest BCUT2D eigenvalue weighted by Crippen LogP contribution is -2.37. The number of anilines is 1. The van der Waals surface area contributed by atoms with Gasteiger partial charge in [0.1, 0.15) is 0 Å². The number of piperidine rings is 1. The van der Waals surface area contributed by atoms with Gasteiger partial charge in [0.25, 0.3) is 0 Å². The Bertz CT molecular complexity index is 489. The maximum atomic E-state index is 12.0. The molecule has 5 heteroatoms. The molecule has 0 unspecified atom stereocenters. The van der Waals surface area contributed by atoms with Crippen LogP contribution in [-0.2, 0) is 4.79 Å². The Kier molecular flexibility index (Phi) is 4.34. The molecular formula is C13H14BrN3O. The zero-order valence-corrected chi connectivity index (χ0v) is 11.5. The highest BCUT2D eigenvalue weighted by molar-refractivity contribution is 9.10. The predicted molar refractivity (Wildman–Crippen MR) is 73.1 cm³/mol. The summed E-state index contributed by atoms with van der Waals surface area (Å²) in [6.07, 6.45) is 1.96. The van der Waals surface area contributed by atoms with E-state index in [1.54, 1.807) is 18.2 Å². The summed E-state index contributed by atoms with van der Waals surface area (Å²) in [5.41, 5.74) is 1.28. The molecule has 1 aromatic carbocycles. The third-order valence-corrected chi connectivity index (χ3v) is 3.68. The lowest BCUT2D eigenvalue weighted by Gasteiger charge is -2.22. The topological polar surface area (TPSA) is 64.9 Å². The summed E-state index contributed by atoms with van der Waals surface area (Å²) < 4.78 is 0.735. The highest BCUT2D eigenvalue weighted by Gasteiger charge is 2.21. The number of hydrogen-bond acceptors (Lipinski definition) is 3. The molecule has 1 amide bonds. The van der Waals surface area contributed by atoms with E-state index in [-0.39, 0.29) is 11.8 Å². The second-order valence-corrected chi connectivity index (χ2v) is 5.19. The maximum absolute atomic E-state index is 12.0. The van der Waals surface area contributed by atoms with Crippen molar-refractivity contribution in [2.45, 2.75) is 12.8 Å². The van der Waals surface area contributed by atoms with Crippen LogP contribution in [0.2, 0.25) is 0 Å². The monoisotopic (exact) mass is 307 g/mol. The summed E-state index contributed by atoms with van der Waals surface area (Å²) in [7, 11) is 0. The fraction of sp³-hybridized carbons (Fsp3) is 0.385. The second-order valence-electron chi connectivity index (χ2n) is 4.34. The zero-order valence-electron chi connectivity index (χ0n) is 9.87. The Balaban J connectivity index is 2.04. The van der Waals surface area contributed by atoms with Crippen LogP contribution in [0.3, 0.4) is 0 Å². The first-order valence-electron chi connectivity index (χ1n) is 5.92. The molecule has 0 aromatic heterocycles. The largest absolute Gasteiger partial charge is 0.325 e. The summed E-state index contributed by atoms with van der Waals surface area (Å²) >= 11 is 3.36. The van der Waals surface area contributed by atoms with Gasteiger partial charge in [0.2, 0.25) is 5.91 Å². The third-order valence-electron chi connectivity index (χ3n) is 3.02. The van der Waals surface area contributed by atoms with Gasteiger partial charge in [-0.2, -0.15) is 5.26 Å². The van der Waals surface area contributed by atoms with Gasteiger partial charge < -0.3 is 10.6 Å². The molecule has 1 aromatic rings. The number of nitriles is 1. The highest BCUT2D eigenvalue weighted by atomic mass is 79.9. The van der Waals surface area contributed by atoms with Crippen molar-refractivity contribution >= 4 is 27.5 Å². The van der Waals surface area contributed by atoms with Gasteiger partial charge in [-0.25, -0.2) is 0 Å². The summed E-state index contributed by atoms with van der Waals surface area (Å²) in [6, 6.07) is 7.20. The van der Waals surface area contributed by atoms with E-state index in [2.05, 4.69) is 32.6 Å². The van der Waals surface area contributed by atoms with Gasteiger partial charge in [0, 0.05) is 11.0 Å². The molecule has 4 nitrogen and oxygen atoms in total. The van der Waals surface area contributed by atoms with Crippen LogP contribution in [0.25, 0.3) is 0 Å². The average Bonchev–Trinajstić information content (AvgIpc) is 2.42. The van der Waals surface area contributed by atoms with Gasteiger partial charge >= 0.3 is 0 Å². The number of carbonyl (C=O) groups is 1. The summed E-state index contributed by atoms with van der Waals surface area (Å²) in [4.78, 5) is 12.0. The van der Waals surface area contributed by atoms with E-state index in [1.165, 1.54) is 0 Å². The van der Waals surface area contributed by atoms with Crippen LogP contribution < -0.4 is 10.6 Å². The smallest absolute Gasteiger partial charge is 0.228 e. The number of benzene rings is 1. The van der Waals surface area contributed by atoms with Crippen molar-refractivity contribution in [2.24, 2.45) is 5.92 Å². The minimum atomic E-state index is 0.0290. The number of nitrogens with zero attached hydrogens (tertiary/aromatic N) is 1. The van der Waals surface area contributed by atoms with E-state index in [0.29, 0.717) is 11.3 Å². The number of carbonyl (C=O) groups excluding carboxylic acids is 1. The molecule has 1 fully saturated rings. The molecule has 1 aliphatic rings. The molecule has 1 saturated heterocycles. The molecule has 0 bridgehead atoms. The fourth-order valence-corrected chi connectivity index (χ4v) is 2.47. The molecule has 0 radical (unpaired) electrons. The van der Waals surface area contributed by atoms with Crippen molar-refractivity contribution in [1.29, 1.82) is 5.26 Å². The van der Waals surface area contributed by atoms with Gasteiger partial charge in [0.05, 0.1) is 23.2 Å². The Hall–Kier alpha value is -1.38. The lowest BCUT2D eigenvalue weighted by atomic mass is 9.99. The molecule has 1 heterocycles. The number of halogens is 1. The quantitative estimate of drug-likeness (QED) is 0.881. The minimum Gasteiger partial charge on any atom is -0.325 e. The van der Waals surface area contributed by atoms with E-state index in [0.717, 1.165) is 30.4 Å². The summed E-state index contributed by atoms with van der Waals surface area (Å²) in [6.45, 7) is 1.73. The van der Waals surface area contributed by atoms with Crippen LogP contribution in [0.4, 0.5) is 5.69 Å². The van der Waals surface area contributed by atoms with E-state index >= 15 is 0 Å². The van der Waals surface area contributed by atoms with Gasteiger partial charge in [-0.1, -0.05) is 0 Å². The van der Waals surface area contributed by atoms with Crippen LogP contribution in [0.1, 0.15) is 18.4 Å². The SMILES string of the molecule is N#Cc1ccc(NC(=O)[C@@H]2CCCNC2)c(Br)c1. The first-order valence-corrected chi connectivity index (χ1v) is 6.71. The van der Waals surface area contributed by atoms with Crippen LogP contribution in [-0.4, -0.2) is 19.0 Å². The Morgan fingerprint density at radius 2 is 2.39 bits per heavy atom. The minimum absolute atomic E-state index is 0.0290. The Labute approximate surface area is 115 Å². The number of rotatable bonds is 2. The first-order chi connectivity index (χ1) is 8.70. The molecule has 2 rings (SSSR count). The van der Waals surface area contributed by atoms with Crippen molar-refractivity contribution < 1.29 is 4.79 Å². The average molecular weight is 308 g/mol. The second kappa shape index (κ2) is 5.98. The van der Waals surface area contributed by atoms with Crippen LogP contribution in [0, 0.1) is 17.2 Å². The molecule has 1 aliphatic heterocycles. The van der Waals surface area contributed by atoms with E-state index in [9.17, 15) is 4.79 Å². The molecule has 1 atom stereocenters. The summed E-state index contributed by atoms with van der Waals surface area (Å²) in [5, 5.41) is 14.9. The molecule has 2 N–H and O–H groups in total. The van der Waals surface area contributed by atoms with Crippen molar-refractivity contribution in [1.82, 2.24) is 5.32 Å². The standard InChI is InChI=1S/C13H14BrN3O/c14-11-6-9(7-15)3-4-12(11)17-13(18)10-2-1-5-16-8-10/h3-4,6,10,16H,1-2,5,8H2,(H,17,18)/t10-/m1/s1. The van der Waals surface area contributed by atoms with Crippen LogP contribution in [0.5, 0.6) is 0 Å². The number of amides is 1. The third kappa shape index (κ3) is 3.09. The molecule has 0 saturated carbocycles. The maximum Gasteiger partial charge on any atom is 0.228 e. The predicted octanol–water partition coefficient (Wildman–Crippen LogP) is 2.26. The van der Waals surface area contributed by atoms with E-state index in [1.807, 2.05) is 0 Å². The van der Waals surface area contributed by atoms with Crippen LogP contribution in [0.15, 0.2) is 22.7 Å². The van der Waals surface area contributed by atoms with Gasteiger partial charge in [-0.3, -0.25) is 4.79 Å². The molecule has 18 heavy (non-hydrogen) atoms. The molecule has 0 spiro atoms. The van der Waals surface area contributed by atoms with E-state index < -0.39 is 0 Å². The first kappa shape index (κ1) is 13.1. The fourth-order valence-electron chi connectivity index (χ4n) is 2.00. The summed E-state index contributed by atoms with van der Waals surface area (Å²) in [5.74, 6) is 0.0638. The van der Waals surface area contributed by atoms with Gasteiger partial charge in [-0.05, 0) is 53.5 Å². The van der Waals surface area contributed by atoms with Crippen molar-refractivity contribution in [2.75, 3.05) is 18.4 Å². The molecular weight excluding hydrogens is 294 g/mol. The highest BCUT2D eigenvalue weighted by Crippen LogP contribution is 2.24. The van der Waals surface area contributed by atoms with Crippen molar-refractivity contribution in [3.63, 3.8) is 0 Å². The van der Waals surface area contributed by atoms with Gasteiger partial charge in [0.15, 0.2) is 0 Å². The van der Waals surface area contributed by atoms with E-state index in [4.69, 9.17) is 5.26 Å². The normalized spacial score (nSPS) is 19.0. The number of nitrogens with one attached hydrogen (secondary N) is 2. The molecule has 94 valence electrons. The number of hydrogen-bond donors (Lipinski definition) is 2. The van der Waals surface area contributed by atoms with Crippen molar-refractivity contribution in [3.8, 4) is 6.07 Å². The van der Waals surface area contributed by atoms with Crippen LogP contribution >= 0.6 is 15.9 Å². The Morgan fingerprint density at radius 3 is 3.00 bits per heavy atom. The molecule has 0 aliphatic carbocycles. The zero-order chi connectivity index (χ0) is 13.0.